The second kappa shape index (κ2) is 11.1. The molecule has 0 atom stereocenters. The summed E-state index contributed by atoms with van der Waals surface area (Å²) in [5, 5.41) is 0. The Morgan fingerprint density at radius 1 is 0.912 bits per heavy atom. The maximum atomic E-state index is 13.4. The van der Waals surface area contributed by atoms with Crippen LogP contribution in [0.3, 0.4) is 0 Å². The number of hydrogen-bond donors (Lipinski definition) is 0. The van der Waals surface area contributed by atoms with Crippen molar-refractivity contribution in [3.63, 3.8) is 0 Å². The number of nitrogens with zero attached hydrogens (tertiary/aromatic N) is 2. The number of carbonyl (C=O) groups is 2. The summed E-state index contributed by atoms with van der Waals surface area (Å²) >= 11 is 0. The summed E-state index contributed by atoms with van der Waals surface area (Å²) in [7, 11) is 0. The van der Waals surface area contributed by atoms with E-state index in [1.807, 2.05) is 31.2 Å². The molecule has 0 N–H and O–H groups in total. The normalized spacial score (nSPS) is 11.3. The van der Waals surface area contributed by atoms with Gasteiger partial charge in [-0.1, -0.05) is 52.0 Å². The molecule has 0 radical (unpaired) electrons. The van der Waals surface area contributed by atoms with E-state index in [1.165, 1.54) is 12.1 Å². The molecule has 0 saturated heterocycles. The first-order valence-electron chi connectivity index (χ1n) is 11.6. The predicted octanol–water partition coefficient (Wildman–Crippen LogP) is 5.80. The predicted molar refractivity (Wildman–Crippen MR) is 131 cm³/mol. The first-order chi connectivity index (χ1) is 16.2. The number of rotatable bonds is 9. The first kappa shape index (κ1) is 25.2. The van der Waals surface area contributed by atoms with Gasteiger partial charge in [0.15, 0.2) is 0 Å². The lowest BCUT2D eigenvalue weighted by molar-refractivity contribution is -0.133. The molecule has 0 fully saturated rings. The molecule has 2 aromatic carbocycles. The average Bonchev–Trinajstić information content (AvgIpc) is 3.32. The molecule has 5 nitrogen and oxygen atoms in total. The van der Waals surface area contributed by atoms with E-state index in [-0.39, 0.29) is 42.7 Å². The fourth-order valence-electron chi connectivity index (χ4n) is 3.71. The maximum absolute atomic E-state index is 13.4. The molecule has 34 heavy (non-hydrogen) atoms. The van der Waals surface area contributed by atoms with Crippen molar-refractivity contribution < 1.29 is 18.4 Å². The Morgan fingerprint density at radius 2 is 1.59 bits per heavy atom. The van der Waals surface area contributed by atoms with Gasteiger partial charge in [-0.15, -0.1) is 0 Å². The second-order valence-corrected chi connectivity index (χ2v) is 9.51. The van der Waals surface area contributed by atoms with Crippen LogP contribution < -0.4 is 0 Å². The third-order valence-corrected chi connectivity index (χ3v) is 5.67. The lowest BCUT2D eigenvalue weighted by atomic mass is 9.86. The van der Waals surface area contributed by atoms with Crippen molar-refractivity contribution in [3.05, 3.63) is 95.2 Å². The largest absolute Gasteiger partial charge is 0.467 e. The summed E-state index contributed by atoms with van der Waals surface area (Å²) in [5.74, 6) is -0.0596. The average molecular weight is 465 g/mol. The minimum Gasteiger partial charge on any atom is -0.467 e. The lowest BCUT2D eigenvalue weighted by Crippen LogP contribution is -2.42. The molecule has 0 aliphatic carbocycles. The highest BCUT2D eigenvalue weighted by Gasteiger charge is 2.23. The van der Waals surface area contributed by atoms with Gasteiger partial charge < -0.3 is 14.2 Å². The molecule has 1 heterocycles. The van der Waals surface area contributed by atoms with Gasteiger partial charge >= 0.3 is 0 Å². The van der Waals surface area contributed by atoms with Gasteiger partial charge in [0.25, 0.3) is 5.91 Å². The molecular weight excluding hydrogens is 431 g/mol. The van der Waals surface area contributed by atoms with Crippen LogP contribution in [0, 0.1) is 5.82 Å². The Morgan fingerprint density at radius 3 is 2.15 bits per heavy atom. The highest BCUT2D eigenvalue weighted by molar-refractivity contribution is 5.96. The van der Waals surface area contributed by atoms with Crippen LogP contribution in [0.1, 0.15) is 61.4 Å². The van der Waals surface area contributed by atoms with Crippen molar-refractivity contribution in [1.29, 1.82) is 0 Å². The number of furan rings is 1. The van der Waals surface area contributed by atoms with Crippen LogP contribution in [0.4, 0.5) is 4.39 Å². The van der Waals surface area contributed by atoms with Crippen LogP contribution in [0.15, 0.2) is 71.3 Å². The monoisotopic (exact) mass is 464 g/mol. The van der Waals surface area contributed by atoms with Crippen molar-refractivity contribution >= 4 is 11.8 Å². The smallest absolute Gasteiger partial charge is 0.254 e. The quantitative estimate of drug-likeness (QED) is 0.402. The Labute approximate surface area is 201 Å². The van der Waals surface area contributed by atoms with Gasteiger partial charge in [-0.05, 0) is 59.4 Å². The molecule has 0 bridgehead atoms. The molecule has 0 saturated carbocycles. The molecule has 0 unspecified atom stereocenters. The SMILES string of the molecule is CCCN(CC(=O)N(Cc1ccc(F)cc1)Cc1ccco1)C(=O)c1ccc(C(C)(C)C)cc1. The van der Waals surface area contributed by atoms with E-state index in [4.69, 9.17) is 4.42 Å². The second-order valence-electron chi connectivity index (χ2n) is 9.51. The van der Waals surface area contributed by atoms with E-state index in [9.17, 15) is 14.0 Å². The molecule has 0 aliphatic rings. The van der Waals surface area contributed by atoms with E-state index in [1.54, 1.807) is 40.3 Å². The summed E-state index contributed by atoms with van der Waals surface area (Å²) in [6.07, 6.45) is 2.29. The number of hydrogen-bond acceptors (Lipinski definition) is 3. The number of halogens is 1. The zero-order valence-electron chi connectivity index (χ0n) is 20.4. The van der Waals surface area contributed by atoms with Crippen LogP contribution in [-0.2, 0) is 23.3 Å². The minimum absolute atomic E-state index is 0.00659. The molecule has 2 amide bonds. The van der Waals surface area contributed by atoms with Crippen LogP contribution in [0.2, 0.25) is 0 Å². The third-order valence-electron chi connectivity index (χ3n) is 5.67. The van der Waals surface area contributed by atoms with Crippen molar-refractivity contribution in [2.24, 2.45) is 0 Å². The zero-order chi connectivity index (χ0) is 24.7. The molecule has 3 aromatic rings. The Hall–Kier alpha value is -3.41. The highest BCUT2D eigenvalue weighted by Crippen LogP contribution is 2.23. The van der Waals surface area contributed by atoms with Gasteiger partial charge in [0, 0.05) is 18.7 Å². The summed E-state index contributed by atoms with van der Waals surface area (Å²) in [5.41, 5.74) is 2.50. The van der Waals surface area contributed by atoms with Gasteiger partial charge in [0.05, 0.1) is 12.8 Å². The molecule has 6 heteroatoms. The highest BCUT2D eigenvalue weighted by atomic mass is 19.1. The summed E-state index contributed by atoms with van der Waals surface area (Å²) in [6, 6.07) is 17.2. The van der Waals surface area contributed by atoms with Crippen LogP contribution >= 0.6 is 0 Å². The van der Waals surface area contributed by atoms with E-state index in [0.717, 1.165) is 17.5 Å². The van der Waals surface area contributed by atoms with E-state index >= 15 is 0 Å². The van der Waals surface area contributed by atoms with Crippen LogP contribution in [0.5, 0.6) is 0 Å². The Kier molecular flexibility index (Phi) is 8.26. The lowest BCUT2D eigenvalue weighted by Gasteiger charge is -2.27. The zero-order valence-corrected chi connectivity index (χ0v) is 20.4. The van der Waals surface area contributed by atoms with Crippen LogP contribution in [0.25, 0.3) is 0 Å². The third kappa shape index (κ3) is 6.80. The summed E-state index contributed by atoms with van der Waals surface area (Å²) in [6.45, 7) is 9.33. The van der Waals surface area contributed by atoms with Crippen molar-refractivity contribution in [3.8, 4) is 0 Å². The minimum atomic E-state index is -0.329. The standard InChI is InChI=1S/C28H33FN2O3/c1-5-16-30(27(33)22-10-12-23(13-11-22)28(2,3)4)20-26(32)31(19-25-7-6-17-34-25)18-21-8-14-24(29)15-9-21/h6-15,17H,5,16,18-20H2,1-4H3. The summed E-state index contributed by atoms with van der Waals surface area (Å²) in [4.78, 5) is 29.8. The fourth-order valence-corrected chi connectivity index (χ4v) is 3.71. The van der Waals surface area contributed by atoms with Crippen LogP contribution in [-0.4, -0.2) is 34.7 Å². The molecular formula is C28H33FN2O3. The van der Waals surface area contributed by atoms with Gasteiger partial charge in [-0.25, -0.2) is 4.39 Å². The van der Waals surface area contributed by atoms with Gasteiger partial charge in [-0.3, -0.25) is 9.59 Å². The molecule has 0 aliphatic heterocycles. The van der Waals surface area contributed by atoms with Crippen molar-refractivity contribution in [1.82, 2.24) is 9.80 Å². The number of benzene rings is 2. The molecule has 3 rings (SSSR count). The van der Waals surface area contributed by atoms with Gasteiger partial charge in [-0.2, -0.15) is 0 Å². The molecule has 1 aromatic heterocycles. The maximum Gasteiger partial charge on any atom is 0.254 e. The number of amides is 2. The fraction of sp³-hybridized carbons (Fsp3) is 0.357. The first-order valence-corrected chi connectivity index (χ1v) is 11.6. The van der Waals surface area contributed by atoms with Crippen molar-refractivity contribution in [2.45, 2.75) is 52.6 Å². The molecule has 180 valence electrons. The number of carbonyl (C=O) groups excluding carboxylic acids is 2. The summed E-state index contributed by atoms with van der Waals surface area (Å²) < 4.78 is 18.8. The Balaban J connectivity index is 1.78. The van der Waals surface area contributed by atoms with E-state index < -0.39 is 0 Å². The van der Waals surface area contributed by atoms with Crippen molar-refractivity contribution in [2.75, 3.05) is 13.1 Å². The Bertz CT molecular complexity index is 1070. The van der Waals surface area contributed by atoms with Gasteiger partial charge in [0.1, 0.15) is 18.1 Å². The van der Waals surface area contributed by atoms with E-state index in [0.29, 0.717) is 17.9 Å². The topological polar surface area (TPSA) is 53.8 Å². The molecule has 0 spiro atoms. The van der Waals surface area contributed by atoms with E-state index in [2.05, 4.69) is 20.8 Å². The van der Waals surface area contributed by atoms with Gasteiger partial charge in [0.2, 0.25) is 5.91 Å².